The molecule has 2 rings (SSSR count). The molecule has 0 saturated heterocycles. The SMILES string of the molecule is CC(=O)c1cc(C(=O)NC(C)(C)c2noc(C)n2)n(C)c1. The first-order chi connectivity index (χ1) is 9.70. The van der Waals surface area contributed by atoms with Gasteiger partial charge >= 0.3 is 0 Å². The molecule has 0 radical (unpaired) electrons. The van der Waals surface area contributed by atoms with Crippen LogP contribution in [-0.2, 0) is 12.6 Å². The maximum absolute atomic E-state index is 12.4. The van der Waals surface area contributed by atoms with Gasteiger partial charge in [-0.25, -0.2) is 0 Å². The molecule has 0 bridgehead atoms. The summed E-state index contributed by atoms with van der Waals surface area (Å²) in [5, 5.41) is 6.67. The van der Waals surface area contributed by atoms with Crippen molar-refractivity contribution in [1.82, 2.24) is 20.0 Å². The van der Waals surface area contributed by atoms with Crippen LogP contribution in [0.2, 0.25) is 0 Å². The third kappa shape index (κ3) is 3.01. The van der Waals surface area contributed by atoms with E-state index in [1.54, 1.807) is 44.6 Å². The Balaban J connectivity index is 2.23. The maximum atomic E-state index is 12.4. The molecule has 0 unspecified atom stereocenters. The number of hydrogen-bond donors (Lipinski definition) is 1. The molecule has 0 fully saturated rings. The minimum absolute atomic E-state index is 0.0855. The number of aromatic nitrogens is 3. The van der Waals surface area contributed by atoms with E-state index in [4.69, 9.17) is 4.52 Å². The monoisotopic (exact) mass is 290 g/mol. The number of hydrogen-bond acceptors (Lipinski definition) is 5. The van der Waals surface area contributed by atoms with Gasteiger partial charge in [-0.2, -0.15) is 4.98 Å². The summed E-state index contributed by atoms with van der Waals surface area (Å²) in [7, 11) is 1.72. The van der Waals surface area contributed by atoms with E-state index < -0.39 is 5.54 Å². The third-order valence-corrected chi connectivity index (χ3v) is 3.16. The molecular formula is C14H18N4O3. The summed E-state index contributed by atoms with van der Waals surface area (Å²) >= 11 is 0. The Morgan fingerprint density at radius 3 is 2.52 bits per heavy atom. The van der Waals surface area contributed by atoms with Crippen LogP contribution in [0.4, 0.5) is 0 Å². The number of Topliss-reactive ketones (excluding diaryl/α,β-unsaturated/α-hetero) is 1. The highest BCUT2D eigenvalue weighted by atomic mass is 16.5. The molecule has 0 aliphatic rings. The Labute approximate surface area is 122 Å². The molecule has 112 valence electrons. The fraction of sp³-hybridized carbons (Fsp3) is 0.429. The minimum atomic E-state index is -0.782. The quantitative estimate of drug-likeness (QED) is 0.863. The second-order valence-corrected chi connectivity index (χ2v) is 5.50. The van der Waals surface area contributed by atoms with E-state index in [9.17, 15) is 9.59 Å². The van der Waals surface area contributed by atoms with Gasteiger partial charge in [0.1, 0.15) is 5.69 Å². The summed E-state index contributed by atoms with van der Waals surface area (Å²) in [4.78, 5) is 27.9. The van der Waals surface area contributed by atoms with Gasteiger partial charge in [0.25, 0.3) is 5.91 Å². The fourth-order valence-electron chi connectivity index (χ4n) is 1.94. The Hall–Kier alpha value is -2.44. The van der Waals surface area contributed by atoms with E-state index in [-0.39, 0.29) is 11.7 Å². The average Bonchev–Trinajstić information content (AvgIpc) is 2.95. The number of carbonyl (C=O) groups is 2. The van der Waals surface area contributed by atoms with Crippen molar-refractivity contribution in [1.29, 1.82) is 0 Å². The predicted octanol–water partition coefficient (Wildman–Crippen LogP) is 1.58. The van der Waals surface area contributed by atoms with Gasteiger partial charge in [0.2, 0.25) is 5.89 Å². The number of rotatable bonds is 4. The van der Waals surface area contributed by atoms with Crippen molar-refractivity contribution in [2.45, 2.75) is 33.2 Å². The number of ketones is 1. The summed E-state index contributed by atoms with van der Waals surface area (Å²) in [5.41, 5.74) is 0.111. The van der Waals surface area contributed by atoms with Gasteiger partial charge in [0.15, 0.2) is 11.6 Å². The summed E-state index contributed by atoms with van der Waals surface area (Å²) in [5.74, 6) is 0.439. The Morgan fingerprint density at radius 1 is 1.38 bits per heavy atom. The van der Waals surface area contributed by atoms with Crippen LogP contribution in [0.5, 0.6) is 0 Å². The van der Waals surface area contributed by atoms with Crippen LogP contribution in [0.25, 0.3) is 0 Å². The van der Waals surface area contributed by atoms with Gasteiger partial charge in [-0.3, -0.25) is 9.59 Å². The molecule has 0 aromatic carbocycles. The smallest absolute Gasteiger partial charge is 0.268 e. The van der Waals surface area contributed by atoms with Crippen molar-refractivity contribution in [3.05, 3.63) is 35.2 Å². The normalized spacial score (nSPS) is 11.5. The van der Waals surface area contributed by atoms with Crippen molar-refractivity contribution in [2.24, 2.45) is 7.05 Å². The molecular weight excluding hydrogens is 272 g/mol. The first kappa shape index (κ1) is 15.0. The van der Waals surface area contributed by atoms with E-state index in [1.165, 1.54) is 6.92 Å². The van der Waals surface area contributed by atoms with Gasteiger partial charge in [0, 0.05) is 25.7 Å². The lowest BCUT2D eigenvalue weighted by molar-refractivity contribution is 0.0899. The van der Waals surface area contributed by atoms with E-state index in [2.05, 4.69) is 15.5 Å². The highest BCUT2D eigenvalue weighted by Crippen LogP contribution is 2.18. The first-order valence-electron chi connectivity index (χ1n) is 6.51. The standard InChI is InChI=1S/C14H18N4O3/c1-8(19)10-6-11(18(5)7-10)12(20)16-14(3,4)13-15-9(2)21-17-13/h6-7H,1-5H3,(H,16,20). The topological polar surface area (TPSA) is 90.0 Å². The van der Waals surface area contributed by atoms with Crippen molar-refractivity contribution >= 4 is 11.7 Å². The van der Waals surface area contributed by atoms with Crippen molar-refractivity contribution in [3.63, 3.8) is 0 Å². The first-order valence-corrected chi connectivity index (χ1v) is 6.51. The van der Waals surface area contributed by atoms with E-state index >= 15 is 0 Å². The van der Waals surface area contributed by atoms with E-state index in [0.717, 1.165) is 0 Å². The highest BCUT2D eigenvalue weighted by molar-refractivity contribution is 5.99. The number of nitrogens with zero attached hydrogens (tertiary/aromatic N) is 3. The molecule has 2 heterocycles. The van der Waals surface area contributed by atoms with Crippen LogP contribution >= 0.6 is 0 Å². The summed E-state index contributed by atoms with van der Waals surface area (Å²) in [6.45, 7) is 6.71. The summed E-state index contributed by atoms with van der Waals surface area (Å²) in [6.07, 6.45) is 1.63. The fourth-order valence-corrected chi connectivity index (χ4v) is 1.94. The van der Waals surface area contributed by atoms with Crippen molar-refractivity contribution in [3.8, 4) is 0 Å². The summed E-state index contributed by atoms with van der Waals surface area (Å²) in [6, 6.07) is 1.56. The van der Waals surface area contributed by atoms with Crippen LogP contribution < -0.4 is 5.32 Å². The maximum Gasteiger partial charge on any atom is 0.268 e. The molecule has 2 aromatic heterocycles. The number of carbonyl (C=O) groups excluding carboxylic acids is 2. The second-order valence-electron chi connectivity index (χ2n) is 5.50. The lowest BCUT2D eigenvalue weighted by Gasteiger charge is -2.22. The Bertz CT molecular complexity index is 697. The second kappa shape index (κ2) is 5.16. The van der Waals surface area contributed by atoms with Crippen LogP contribution in [0.15, 0.2) is 16.8 Å². The molecule has 0 atom stereocenters. The van der Waals surface area contributed by atoms with Crippen LogP contribution in [-0.4, -0.2) is 26.4 Å². The average molecular weight is 290 g/mol. The molecule has 7 heteroatoms. The van der Waals surface area contributed by atoms with Crippen LogP contribution in [0, 0.1) is 6.92 Å². The zero-order valence-electron chi connectivity index (χ0n) is 12.7. The number of aryl methyl sites for hydroxylation is 2. The number of amides is 1. The molecule has 1 amide bonds. The van der Waals surface area contributed by atoms with Crippen LogP contribution in [0.1, 0.15) is 53.3 Å². The lowest BCUT2D eigenvalue weighted by atomic mass is 10.0. The van der Waals surface area contributed by atoms with Crippen LogP contribution in [0.3, 0.4) is 0 Å². The zero-order valence-corrected chi connectivity index (χ0v) is 12.7. The largest absolute Gasteiger partial charge is 0.346 e. The molecule has 1 N–H and O–H groups in total. The number of nitrogens with one attached hydrogen (secondary N) is 1. The molecule has 0 saturated carbocycles. The van der Waals surface area contributed by atoms with Crippen molar-refractivity contribution < 1.29 is 14.1 Å². The molecule has 7 nitrogen and oxygen atoms in total. The molecule has 0 aliphatic heterocycles. The third-order valence-electron chi connectivity index (χ3n) is 3.16. The van der Waals surface area contributed by atoms with Gasteiger partial charge in [0.05, 0.1) is 5.54 Å². The van der Waals surface area contributed by atoms with E-state index in [1.807, 2.05) is 0 Å². The predicted molar refractivity (Wildman–Crippen MR) is 74.9 cm³/mol. The zero-order chi connectivity index (χ0) is 15.8. The lowest BCUT2D eigenvalue weighted by Crippen LogP contribution is -2.42. The summed E-state index contributed by atoms with van der Waals surface area (Å²) < 4.78 is 6.55. The molecule has 2 aromatic rings. The Morgan fingerprint density at radius 2 is 2.05 bits per heavy atom. The van der Waals surface area contributed by atoms with Crippen molar-refractivity contribution in [2.75, 3.05) is 0 Å². The Kier molecular flexibility index (Phi) is 3.67. The van der Waals surface area contributed by atoms with Gasteiger partial charge in [-0.1, -0.05) is 5.16 Å². The van der Waals surface area contributed by atoms with Gasteiger partial charge in [-0.15, -0.1) is 0 Å². The van der Waals surface area contributed by atoms with E-state index in [0.29, 0.717) is 23.0 Å². The minimum Gasteiger partial charge on any atom is -0.346 e. The van der Waals surface area contributed by atoms with Gasteiger partial charge in [-0.05, 0) is 26.8 Å². The molecule has 0 spiro atoms. The highest BCUT2D eigenvalue weighted by Gasteiger charge is 2.29. The molecule has 21 heavy (non-hydrogen) atoms. The van der Waals surface area contributed by atoms with Gasteiger partial charge < -0.3 is 14.4 Å². The molecule has 0 aliphatic carbocycles.